The summed E-state index contributed by atoms with van der Waals surface area (Å²) in [5.41, 5.74) is 0.212. The maximum absolute atomic E-state index is 10.8. The molecule has 0 rings (SSSR count). The minimum atomic E-state index is -0.459. The third-order valence-electron chi connectivity index (χ3n) is 1.64. The summed E-state index contributed by atoms with van der Waals surface area (Å²) in [6.07, 6.45) is 0.914. The molecule has 0 aromatic rings. The van der Waals surface area contributed by atoms with E-state index in [-0.39, 0.29) is 5.41 Å². The van der Waals surface area contributed by atoms with Crippen molar-refractivity contribution in [1.82, 2.24) is 4.90 Å². The number of carbonyl (C=O) groups excluding carboxylic acids is 1. The van der Waals surface area contributed by atoms with Crippen LogP contribution >= 0.6 is 0 Å². The van der Waals surface area contributed by atoms with Crippen LogP contribution in [0.25, 0.3) is 0 Å². The third-order valence-corrected chi connectivity index (χ3v) is 1.64. The van der Waals surface area contributed by atoms with Crippen molar-refractivity contribution in [3.8, 4) is 6.07 Å². The molecular formula is C9H16N2O. The lowest BCUT2D eigenvalue weighted by atomic mass is 9.92. The number of carbonyl (C=O) groups is 1. The number of hydrogen-bond donors (Lipinski definition) is 0. The van der Waals surface area contributed by atoms with Crippen molar-refractivity contribution in [3.05, 3.63) is 0 Å². The molecule has 0 saturated carbocycles. The summed E-state index contributed by atoms with van der Waals surface area (Å²) in [5, 5.41) is 8.29. The lowest BCUT2D eigenvalue weighted by Gasteiger charge is -2.21. The van der Waals surface area contributed by atoms with Crippen molar-refractivity contribution in [1.29, 1.82) is 5.26 Å². The molecule has 0 fully saturated rings. The molecule has 0 atom stereocenters. The van der Waals surface area contributed by atoms with Gasteiger partial charge >= 0.3 is 5.91 Å². The summed E-state index contributed by atoms with van der Waals surface area (Å²) in [5.74, 6) is -0.459. The Kier molecular flexibility index (Phi) is 3.75. The van der Waals surface area contributed by atoms with E-state index in [0.29, 0.717) is 6.54 Å². The molecule has 0 aliphatic carbocycles. The second kappa shape index (κ2) is 4.10. The van der Waals surface area contributed by atoms with Gasteiger partial charge in [-0.05, 0) is 11.8 Å². The SMILES string of the molecule is CN(CCC(C)(C)C)C(=O)C#N. The maximum Gasteiger partial charge on any atom is 0.324 e. The van der Waals surface area contributed by atoms with E-state index in [1.165, 1.54) is 4.90 Å². The standard InChI is InChI=1S/C9H16N2O/c1-9(2,3)5-6-11(4)8(12)7-10/h5-6H2,1-4H3. The van der Waals surface area contributed by atoms with Gasteiger partial charge in [0.1, 0.15) is 0 Å². The highest BCUT2D eigenvalue weighted by Crippen LogP contribution is 2.18. The number of nitriles is 1. The van der Waals surface area contributed by atoms with Gasteiger partial charge in [0.05, 0.1) is 0 Å². The molecular weight excluding hydrogens is 152 g/mol. The Hall–Kier alpha value is -1.04. The Morgan fingerprint density at radius 1 is 1.50 bits per heavy atom. The Balaban J connectivity index is 3.82. The van der Waals surface area contributed by atoms with Crippen LogP contribution in [0.3, 0.4) is 0 Å². The van der Waals surface area contributed by atoms with Gasteiger partial charge in [0, 0.05) is 13.6 Å². The van der Waals surface area contributed by atoms with Crippen molar-refractivity contribution < 1.29 is 4.79 Å². The van der Waals surface area contributed by atoms with Gasteiger partial charge in [-0.3, -0.25) is 4.79 Å². The van der Waals surface area contributed by atoms with Crippen LogP contribution in [0.15, 0.2) is 0 Å². The first-order chi connectivity index (χ1) is 5.37. The molecule has 0 unspecified atom stereocenters. The molecule has 1 amide bonds. The van der Waals surface area contributed by atoms with Crippen LogP contribution in [0.4, 0.5) is 0 Å². The summed E-state index contributed by atoms with van der Waals surface area (Å²) >= 11 is 0. The number of amides is 1. The Bertz CT molecular complexity index is 198. The molecule has 12 heavy (non-hydrogen) atoms. The summed E-state index contributed by atoms with van der Waals surface area (Å²) in [6.45, 7) is 6.98. The molecule has 68 valence electrons. The molecule has 0 aliphatic heterocycles. The predicted molar refractivity (Wildman–Crippen MR) is 47.3 cm³/mol. The highest BCUT2D eigenvalue weighted by molar-refractivity contribution is 5.90. The Morgan fingerprint density at radius 2 is 2.00 bits per heavy atom. The second-order valence-electron chi connectivity index (χ2n) is 4.15. The van der Waals surface area contributed by atoms with E-state index in [0.717, 1.165) is 6.42 Å². The third kappa shape index (κ3) is 4.73. The van der Waals surface area contributed by atoms with Gasteiger partial charge in [-0.2, -0.15) is 5.26 Å². The van der Waals surface area contributed by atoms with E-state index in [2.05, 4.69) is 20.8 Å². The van der Waals surface area contributed by atoms with Crippen molar-refractivity contribution in [2.24, 2.45) is 5.41 Å². The normalized spacial score (nSPS) is 10.6. The number of rotatable bonds is 2. The van der Waals surface area contributed by atoms with E-state index in [1.54, 1.807) is 13.1 Å². The summed E-state index contributed by atoms with van der Waals surface area (Å²) < 4.78 is 0. The molecule has 0 aromatic heterocycles. The fraction of sp³-hybridized carbons (Fsp3) is 0.778. The molecule has 3 heteroatoms. The van der Waals surface area contributed by atoms with Crippen molar-refractivity contribution in [2.75, 3.05) is 13.6 Å². The van der Waals surface area contributed by atoms with Crippen LogP contribution in [0.5, 0.6) is 0 Å². The topological polar surface area (TPSA) is 44.1 Å². The fourth-order valence-electron chi connectivity index (χ4n) is 0.690. The van der Waals surface area contributed by atoms with Gasteiger partial charge in [-0.15, -0.1) is 0 Å². The van der Waals surface area contributed by atoms with Gasteiger partial charge in [-0.25, -0.2) is 0 Å². The lowest BCUT2D eigenvalue weighted by Crippen LogP contribution is -2.28. The summed E-state index contributed by atoms with van der Waals surface area (Å²) in [6, 6.07) is 1.59. The largest absolute Gasteiger partial charge is 0.333 e. The van der Waals surface area contributed by atoms with E-state index < -0.39 is 5.91 Å². The first-order valence-electron chi connectivity index (χ1n) is 4.02. The van der Waals surface area contributed by atoms with Crippen LogP contribution in [-0.2, 0) is 4.79 Å². The number of nitrogens with zero attached hydrogens (tertiary/aromatic N) is 2. The highest BCUT2D eigenvalue weighted by Gasteiger charge is 2.13. The molecule has 0 spiro atoms. The minimum Gasteiger partial charge on any atom is -0.333 e. The van der Waals surface area contributed by atoms with Crippen LogP contribution in [0.1, 0.15) is 27.2 Å². The maximum atomic E-state index is 10.8. The van der Waals surface area contributed by atoms with Crippen molar-refractivity contribution in [3.63, 3.8) is 0 Å². The molecule has 0 radical (unpaired) electrons. The molecule has 3 nitrogen and oxygen atoms in total. The molecule has 0 aromatic carbocycles. The minimum absolute atomic E-state index is 0.212. The van der Waals surface area contributed by atoms with E-state index in [9.17, 15) is 4.79 Å². The smallest absolute Gasteiger partial charge is 0.324 e. The quantitative estimate of drug-likeness (QED) is 0.585. The van der Waals surface area contributed by atoms with Gasteiger partial charge in [0.25, 0.3) is 0 Å². The van der Waals surface area contributed by atoms with Crippen molar-refractivity contribution >= 4 is 5.91 Å². The Labute approximate surface area is 74.0 Å². The zero-order valence-electron chi connectivity index (χ0n) is 8.22. The summed E-state index contributed by atoms with van der Waals surface area (Å²) in [4.78, 5) is 12.2. The lowest BCUT2D eigenvalue weighted by molar-refractivity contribution is -0.124. The number of hydrogen-bond acceptors (Lipinski definition) is 2. The molecule has 0 saturated heterocycles. The predicted octanol–water partition coefficient (Wildman–Crippen LogP) is 1.40. The zero-order chi connectivity index (χ0) is 9.78. The van der Waals surface area contributed by atoms with Gasteiger partial charge in [0.15, 0.2) is 6.07 Å². The molecule has 0 heterocycles. The Morgan fingerprint density at radius 3 is 2.33 bits per heavy atom. The van der Waals surface area contributed by atoms with Crippen molar-refractivity contribution in [2.45, 2.75) is 27.2 Å². The fourth-order valence-corrected chi connectivity index (χ4v) is 0.690. The monoisotopic (exact) mass is 168 g/mol. The van der Waals surface area contributed by atoms with Crippen LogP contribution in [0, 0.1) is 16.7 Å². The summed E-state index contributed by atoms with van der Waals surface area (Å²) in [7, 11) is 1.65. The molecule has 0 aliphatic rings. The average Bonchev–Trinajstić information content (AvgIpc) is 1.97. The van der Waals surface area contributed by atoms with E-state index in [1.807, 2.05) is 0 Å². The van der Waals surface area contributed by atoms with Gasteiger partial charge < -0.3 is 4.90 Å². The first kappa shape index (κ1) is 11.0. The van der Waals surface area contributed by atoms with Crippen LogP contribution < -0.4 is 0 Å². The van der Waals surface area contributed by atoms with Crippen LogP contribution in [0.2, 0.25) is 0 Å². The van der Waals surface area contributed by atoms with E-state index in [4.69, 9.17) is 5.26 Å². The highest BCUT2D eigenvalue weighted by atomic mass is 16.2. The van der Waals surface area contributed by atoms with Crippen LogP contribution in [-0.4, -0.2) is 24.4 Å². The van der Waals surface area contributed by atoms with E-state index >= 15 is 0 Å². The average molecular weight is 168 g/mol. The first-order valence-corrected chi connectivity index (χ1v) is 4.02. The zero-order valence-corrected chi connectivity index (χ0v) is 8.22. The van der Waals surface area contributed by atoms with Gasteiger partial charge in [-0.1, -0.05) is 20.8 Å². The second-order valence-corrected chi connectivity index (χ2v) is 4.15. The molecule has 0 N–H and O–H groups in total. The van der Waals surface area contributed by atoms with Gasteiger partial charge in [0.2, 0.25) is 0 Å². The molecule has 0 bridgehead atoms.